The first-order chi connectivity index (χ1) is 10.4. The molecule has 0 fully saturated rings. The summed E-state index contributed by atoms with van der Waals surface area (Å²) in [5.41, 5.74) is 2.73. The Labute approximate surface area is 127 Å². The Kier molecular flexibility index (Phi) is 4.56. The van der Waals surface area contributed by atoms with Crippen LogP contribution in [0.3, 0.4) is 0 Å². The van der Waals surface area contributed by atoms with Gasteiger partial charge in [-0.3, -0.25) is 0 Å². The number of ether oxygens (including phenoxy) is 1. The van der Waals surface area contributed by atoms with Crippen molar-refractivity contribution >= 4 is 0 Å². The molecule has 3 rings (SSSR count). The van der Waals surface area contributed by atoms with Gasteiger partial charge in [-0.05, 0) is 31.0 Å². The van der Waals surface area contributed by atoms with Crippen molar-refractivity contribution in [1.82, 2.24) is 5.32 Å². The lowest BCUT2D eigenvalue weighted by Gasteiger charge is -2.24. The van der Waals surface area contributed by atoms with E-state index in [0.29, 0.717) is 12.0 Å². The molecule has 2 nitrogen and oxygen atoms in total. The highest BCUT2D eigenvalue weighted by Gasteiger charge is 2.30. The van der Waals surface area contributed by atoms with Gasteiger partial charge in [-0.1, -0.05) is 55.5 Å². The molecule has 2 heteroatoms. The molecule has 0 saturated heterocycles. The standard InChI is InChI=1S/C19H23NO/c1-2-12-20-18(13-15-8-4-3-5-9-15)17-14-21-19-11-7-6-10-16(17)19/h3-11,17-18,20H,2,12-14H2,1H3. The quantitative estimate of drug-likeness (QED) is 0.870. The molecule has 110 valence electrons. The van der Waals surface area contributed by atoms with Gasteiger partial charge in [0.1, 0.15) is 5.75 Å². The SMILES string of the molecule is CCCNC(Cc1ccccc1)C1COc2ccccc21. The maximum Gasteiger partial charge on any atom is 0.122 e. The van der Waals surface area contributed by atoms with Crippen molar-refractivity contribution in [3.8, 4) is 5.75 Å². The number of rotatable bonds is 6. The summed E-state index contributed by atoms with van der Waals surface area (Å²) in [4.78, 5) is 0. The molecule has 0 aliphatic carbocycles. The van der Waals surface area contributed by atoms with Crippen molar-refractivity contribution < 1.29 is 4.74 Å². The molecule has 0 spiro atoms. The molecule has 1 aliphatic rings. The van der Waals surface area contributed by atoms with Crippen LogP contribution in [0.1, 0.15) is 30.4 Å². The lowest BCUT2D eigenvalue weighted by atomic mass is 9.89. The van der Waals surface area contributed by atoms with Crippen LogP contribution in [-0.4, -0.2) is 19.2 Å². The second-order valence-corrected chi connectivity index (χ2v) is 5.71. The predicted molar refractivity (Wildman–Crippen MR) is 86.9 cm³/mol. The van der Waals surface area contributed by atoms with Crippen LogP contribution in [0.5, 0.6) is 5.75 Å². The second-order valence-electron chi connectivity index (χ2n) is 5.71. The van der Waals surface area contributed by atoms with Crippen molar-refractivity contribution in [3.05, 3.63) is 65.7 Å². The summed E-state index contributed by atoms with van der Waals surface area (Å²) in [6.07, 6.45) is 2.20. The summed E-state index contributed by atoms with van der Waals surface area (Å²) in [6.45, 7) is 4.05. The van der Waals surface area contributed by atoms with E-state index in [0.717, 1.165) is 31.7 Å². The fraction of sp³-hybridized carbons (Fsp3) is 0.368. The Hall–Kier alpha value is -1.80. The minimum atomic E-state index is 0.427. The zero-order valence-electron chi connectivity index (χ0n) is 12.6. The third kappa shape index (κ3) is 3.27. The first-order valence-electron chi connectivity index (χ1n) is 7.87. The van der Waals surface area contributed by atoms with Gasteiger partial charge in [0.15, 0.2) is 0 Å². The van der Waals surface area contributed by atoms with Gasteiger partial charge >= 0.3 is 0 Å². The molecular weight excluding hydrogens is 258 g/mol. The first kappa shape index (κ1) is 14.2. The van der Waals surface area contributed by atoms with Crippen molar-refractivity contribution in [1.29, 1.82) is 0 Å². The highest BCUT2D eigenvalue weighted by Crippen LogP contribution is 2.36. The largest absolute Gasteiger partial charge is 0.493 e. The van der Waals surface area contributed by atoms with Crippen LogP contribution >= 0.6 is 0 Å². The van der Waals surface area contributed by atoms with E-state index in [-0.39, 0.29) is 0 Å². The zero-order valence-corrected chi connectivity index (χ0v) is 12.6. The topological polar surface area (TPSA) is 21.3 Å². The van der Waals surface area contributed by atoms with Gasteiger partial charge in [-0.2, -0.15) is 0 Å². The van der Waals surface area contributed by atoms with Crippen molar-refractivity contribution in [3.63, 3.8) is 0 Å². The van der Waals surface area contributed by atoms with Crippen LogP contribution in [0.15, 0.2) is 54.6 Å². The monoisotopic (exact) mass is 281 g/mol. The Bertz CT molecular complexity index is 567. The minimum absolute atomic E-state index is 0.427. The van der Waals surface area contributed by atoms with Gasteiger partial charge in [-0.15, -0.1) is 0 Å². The first-order valence-corrected chi connectivity index (χ1v) is 7.87. The molecule has 1 aliphatic heterocycles. The lowest BCUT2D eigenvalue weighted by Crippen LogP contribution is -2.38. The van der Waals surface area contributed by atoms with Crippen LogP contribution in [0.2, 0.25) is 0 Å². The van der Waals surface area contributed by atoms with E-state index in [1.165, 1.54) is 11.1 Å². The van der Waals surface area contributed by atoms with Crippen LogP contribution in [0.25, 0.3) is 0 Å². The molecule has 0 saturated carbocycles. The summed E-state index contributed by atoms with van der Waals surface area (Å²) < 4.78 is 5.87. The lowest BCUT2D eigenvalue weighted by molar-refractivity contribution is 0.296. The summed E-state index contributed by atoms with van der Waals surface area (Å²) in [5, 5.41) is 3.72. The van der Waals surface area contributed by atoms with E-state index < -0.39 is 0 Å². The average Bonchev–Trinajstić information content (AvgIpc) is 2.96. The maximum absolute atomic E-state index is 5.87. The molecule has 1 heterocycles. The smallest absolute Gasteiger partial charge is 0.122 e. The van der Waals surface area contributed by atoms with Gasteiger partial charge in [0.05, 0.1) is 6.61 Å². The number of hydrogen-bond donors (Lipinski definition) is 1. The molecule has 2 atom stereocenters. The van der Waals surface area contributed by atoms with E-state index in [4.69, 9.17) is 4.74 Å². The fourth-order valence-corrected chi connectivity index (χ4v) is 3.07. The van der Waals surface area contributed by atoms with Crippen molar-refractivity contribution in [2.24, 2.45) is 0 Å². The molecule has 0 bridgehead atoms. The molecular formula is C19H23NO. The predicted octanol–water partition coefficient (Wildman–Crippen LogP) is 3.77. The Morgan fingerprint density at radius 1 is 1.10 bits per heavy atom. The van der Waals surface area contributed by atoms with E-state index in [1.807, 2.05) is 6.07 Å². The van der Waals surface area contributed by atoms with Gasteiger partial charge < -0.3 is 10.1 Å². The Morgan fingerprint density at radius 2 is 1.86 bits per heavy atom. The fourth-order valence-electron chi connectivity index (χ4n) is 3.07. The normalized spacial score (nSPS) is 18.0. The Balaban J connectivity index is 1.80. The number of para-hydroxylation sites is 1. The third-order valence-corrected chi connectivity index (χ3v) is 4.18. The molecule has 2 aromatic carbocycles. The maximum atomic E-state index is 5.87. The molecule has 21 heavy (non-hydrogen) atoms. The molecule has 2 aromatic rings. The molecule has 0 aromatic heterocycles. The summed E-state index contributed by atoms with van der Waals surface area (Å²) >= 11 is 0. The highest BCUT2D eigenvalue weighted by molar-refractivity contribution is 5.41. The third-order valence-electron chi connectivity index (χ3n) is 4.18. The van der Waals surface area contributed by atoms with Crippen LogP contribution in [0.4, 0.5) is 0 Å². The number of benzene rings is 2. The van der Waals surface area contributed by atoms with Crippen molar-refractivity contribution in [2.75, 3.05) is 13.2 Å². The van der Waals surface area contributed by atoms with E-state index in [2.05, 4.69) is 60.8 Å². The molecule has 0 amide bonds. The number of hydrogen-bond acceptors (Lipinski definition) is 2. The molecule has 1 N–H and O–H groups in total. The van der Waals surface area contributed by atoms with E-state index in [1.54, 1.807) is 0 Å². The van der Waals surface area contributed by atoms with Gasteiger partial charge in [0, 0.05) is 17.5 Å². The summed E-state index contributed by atoms with van der Waals surface area (Å²) in [6, 6.07) is 19.6. The van der Waals surface area contributed by atoms with Crippen LogP contribution in [0, 0.1) is 0 Å². The number of fused-ring (bicyclic) bond motifs is 1. The van der Waals surface area contributed by atoms with Gasteiger partial charge in [0.2, 0.25) is 0 Å². The second kappa shape index (κ2) is 6.77. The van der Waals surface area contributed by atoms with Crippen LogP contribution in [-0.2, 0) is 6.42 Å². The van der Waals surface area contributed by atoms with Crippen LogP contribution < -0.4 is 10.1 Å². The van der Waals surface area contributed by atoms with Gasteiger partial charge in [0.25, 0.3) is 0 Å². The summed E-state index contributed by atoms with van der Waals surface area (Å²) in [5.74, 6) is 1.49. The van der Waals surface area contributed by atoms with Gasteiger partial charge in [-0.25, -0.2) is 0 Å². The minimum Gasteiger partial charge on any atom is -0.493 e. The molecule has 2 unspecified atom stereocenters. The average molecular weight is 281 g/mol. The van der Waals surface area contributed by atoms with E-state index >= 15 is 0 Å². The molecule has 0 radical (unpaired) electrons. The summed E-state index contributed by atoms with van der Waals surface area (Å²) in [7, 11) is 0. The number of nitrogens with one attached hydrogen (secondary N) is 1. The zero-order chi connectivity index (χ0) is 14.5. The van der Waals surface area contributed by atoms with E-state index in [9.17, 15) is 0 Å². The Morgan fingerprint density at radius 3 is 2.67 bits per heavy atom. The highest BCUT2D eigenvalue weighted by atomic mass is 16.5. The van der Waals surface area contributed by atoms with Crippen molar-refractivity contribution in [2.45, 2.75) is 31.7 Å².